The molecule has 4 bridgehead atoms. The molecule has 0 heterocycles. The SMILES string of the molecule is Cc1cc(F)ccc1COc1ccc(CNC23CC4CC(CC(C4)C2)C3)cc1. The molecule has 0 unspecified atom stereocenters. The average Bonchev–Trinajstić information content (AvgIpc) is 2.66. The summed E-state index contributed by atoms with van der Waals surface area (Å²) in [6.07, 6.45) is 8.62. The van der Waals surface area contributed by atoms with Crippen LogP contribution >= 0.6 is 0 Å². The molecule has 0 spiro atoms. The standard InChI is InChI=1S/C25H30FNO/c1-17-8-23(26)5-4-22(17)16-28-24-6-2-18(3-7-24)15-27-25-12-19-9-20(13-25)11-21(10-19)14-25/h2-8,19-21,27H,9-16H2,1H3. The van der Waals surface area contributed by atoms with Crippen molar-refractivity contribution >= 4 is 0 Å². The molecule has 4 fully saturated rings. The van der Waals surface area contributed by atoms with Crippen molar-refractivity contribution in [1.29, 1.82) is 0 Å². The van der Waals surface area contributed by atoms with E-state index in [4.69, 9.17) is 4.74 Å². The number of nitrogens with one attached hydrogen (secondary N) is 1. The Morgan fingerprint density at radius 1 is 0.964 bits per heavy atom. The van der Waals surface area contributed by atoms with Crippen LogP contribution in [-0.4, -0.2) is 5.54 Å². The Morgan fingerprint density at radius 2 is 1.61 bits per heavy atom. The number of aryl methyl sites for hydroxylation is 1. The highest BCUT2D eigenvalue weighted by Crippen LogP contribution is 2.55. The summed E-state index contributed by atoms with van der Waals surface area (Å²) in [5.74, 6) is 3.60. The molecule has 0 aromatic heterocycles. The van der Waals surface area contributed by atoms with Crippen LogP contribution in [0.1, 0.15) is 55.2 Å². The Labute approximate surface area is 167 Å². The van der Waals surface area contributed by atoms with Crippen molar-refractivity contribution in [3.8, 4) is 5.75 Å². The van der Waals surface area contributed by atoms with E-state index in [9.17, 15) is 4.39 Å². The molecule has 3 heteroatoms. The van der Waals surface area contributed by atoms with Crippen molar-refractivity contribution < 1.29 is 9.13 Å². The number of halogens is 1. The minimum atomic E-state index is -0.197. The minimum Gasteiger partial charge on any atom is -0.489 e. The van der Waals surface area contributed by atoms with Crippen LogP contribution in [0, 0.1) is 30.5 Å². The third-order valence-corrected chi connectivity index (χ3v) is 7.33. The highest BCUT2D eigenvalue weighted by molar-refractivity contribution is 5.30. The Balaban J connectivity index is 1.17. The Bertz CT molecular complexity index is 809. The maximum absolute atomic E-state index is 13.2. The van der Waals surface area contributed by atoms with Crippen molar-refractivity contribution in [2.75, 3.05) is 0 Å². The van der Waals surface area contributed by atoms with Crippen LogP contribution in [0.4, 0.5) is 4.39 Å². The normalized spacial score (nSPS) is 30.6. The second kappa shape index (κ2) is 7.18. The van der Waals surface area contributed by atoms with E-state index in [2.05, 4.69) is 29.6 Å². The van der Waals surface area contributed by atoms with Gasteiger partial charge in [0.25, 0.3) is 0 Å². The van der Waals surface area contributed by atoms with Crippen LogP contribution in [0.5, 0.6) is 5.75 Å². The molecule has 2 nitrogen and oxygen atoms in total. The summed E-state index contributed by atoms with van der Waals surface area (Å²) in [5, 5.41) is 3.96. The molecule has 28 heavy (non-hydrogen) atoms. The fourth-order valence-electron chi connectivity index (χ4n) is 6.30. The molecule has 0 atom stereocenters. The van der Waals surface area contributed by atoms with E-state index >= 15 is 0 Å². The maximum Gasteiger partial charge on any atom is 0.123 e. The lowest BCUT2D eigenvalue weighted by Crippen LogP contribution is -2.58. The highest BCUT2D eigenvalue weighted by atomic mass is 19.1. The average molecular weight is 380 g/mol. The lowest BCUT2D eigenvalue weighted by Gasteiger charge is -2.57. The summed E-state index contributed by atoms with van der Waals surface area (Å²) in [4.78, 5) is 0. The van der Waals surface area contributed by atoms with Crippen LogP contribution in [0.25, 0.3) is 0 Å². The van der Waals surface area contributed by atoms with Crippen molar-refractivity contribution in [2.45, 2.75) is 64.1 Å². The first-order chi connectivity index (χ1) is 13.6. The topological polar surface area (TPSA) is 21.3 Å². The number of rotatable bonds is 6. The molecule has 6 rings (SSSR count). The zero-order valence-electron chi connectivity index (χ0n) is 16.7. The predicted molar refractivity (Wildman–Crippen MR) is 110 cm³/mol. The minimum absolute atomic E-state index is 0.197. The molecule has 0 aliphatic heterocycles. The van der Waals surface area contributed by atoms with Gasteiger partial charge in [-0.15, -0.1) is 0 Å². The van der Waals surface area contributed by atoms with Crippen LogP contribution in [0.15, 0.2) is 42.5 Å². The van der Waals surface area contributed by atoms with Gasteiger partial charge in [0.05, 0.1) is 0 Å². The molecule has 4 aliphatic carbocycles. The van der Waals surface area contributed by atoms with E-state index in [1.807, 2.05) is 6.92 Å². The van der Waals surface area contributed by atoms with Gasteiger partial charge in [-0.3, -0.25) is 0 Å². The molecule has 0 amide bonds. The largest absolute Gasteiger partial charge is 0.489 e. The van der Waals surface area contributed by atoms with Gasteiger partial charge in [0.1, 0.15) is 18.2 Å². The Morgan fingerprint density at radius 3 is 2.21 bits per heavy atom. The summed E-state index contributed by atoms with van der Waals surface area (Å²) >= 11 is 0. The second-order valence-corrected chi connectivity index (χ2v) is 9.55. The summed E-state index contributed by atoms with van der Waals surface area (Å²) < 4.78 is 19.1. The molecular weight excluding hydrogens is 349 g/mol. The maximum atomic E-state index is 13.2. The first kappa shape index (κ1) is 18.2. The Kier molecular flexibility index (Phi) is 4.66. The Hall–Kier alpha value is -1.87. The molecule has 0 radical (unpaired) electrons. The second-order valence-electron chi connectivity index (χ2n) is 9.55. The molecule has 4 aliphatic rings. The number of hydrogen-bond donors (Lipinski definition) is 1. The summed E-state index contributed by atoms with van der Waals surface area (Å²) in [6.45, 7) is 3.33. The van der Waals surface area contributed by atoms with Gasteiger partial charge >= 0.3 is 0 Å². The van der Waals surface area contributed by atoms with Gasteiger partial charge in [0.2, 0.25) is 0 Å². The molecule has 2 aromatic carbocycles. The molecular formula is C25H30FNO. The van der Waals surface area contributed by atoms with E-state index < -0.39 is 0 Å². The highest BCUT2D eigenvalue weighted by Gasteiger charge is 2.50. The zero-order valence-corrected chi connectivity index (χ0v) is 16.7. The van der Waals surface area contributed by atoms with Crippen molar-refractivity contribution in [3.63, 3.8) is 0 Å². The van der Waals surface area contributed by atoms with Crippen molar-refractivity contribution in [1.82, 2.24) is 5.32 Å². The summed E-state index contributed by atoms with van der Waals surface area (Å²) in [5.41, 5.74) is 3.68. The van der Waals surface area contributed by atoms with Gasteiger partial charge in [-0.05, 0) is 104 Å². The fraction of sp³-hybridized carbons (Fsp3) is 0.520. The molecule has 0 saturated heterocycles. The van der Waals surface area contributed by atoms with E-state index in [1.54, 1.807) is 12.1 Å². The summed E-state index contributed by atoms with van der Waals surface area (Å²) in [7, 11) is 0. The monoisotopic (exact) mass is 379 g/mol. The fourth-order valence-corrected chi connectivity index (χ4v) is 6.30. The third-order valence-electron chi connectivity index (χ3n) is 7.33. The van der Waals surface area contributed by atoms with Gasteiger partial charge in [0.15, 0.2) is 0 Å². The van der Waals surface area contributed by atoms with E-state index in [-0.39, 0.29) is 5.82 Å². The van der Waals surface area contributed by atoms with Gasteiger partial charge < -0.3 is 10.1 Å². The number of benzene rings is 2. The van der Waals surface area contributed by atoms with Crippen molar-refractivity contribution in [3.05, 3.63) is 65.0 Å². The molecule has 1 N–H and O–H groups in total. The van der Waals surface area contributed by atoms with Crippen LogP contribution in [0.2, 0.25) is 0 Å². The van der Waals surface area contributed by atoms with Gasteiger partial charge in [-0.2, -0.15) is 0 Å². The van der Waals surface area contributed by atoms with Gasteiger partial charge in [-0.1, -0.05) is 18.2 Å². The van der Waals surface area contributed by atoms with Crippen LogP contribution in [-0.2, 0) is 13.2 Å². The molecule has 148 valence electrons. The lowest BCUT2D eigenvalue weighted by atomic mass is 9.53. The first-order valence-electron chi connectivity index (χ1n) is 10.8. The van der Waals surface area contributed by atoms with E-state index in [0.717, 1.165) is 41.2 Å². The quantitative estimate of drug-likeness (QED) is 0.688. The van der Waals surface area contributed by atoms with E-state index in [1.165, 1.54) is 50.2 Å². The first-order valence-corrected chi connectivity index (χ1v) is 10.8. The third kappa shape index (κ3) is 3.69. The van der Waals surface area contributed by atoms with E-state index in [0.29, 0.717) is 12.1 Å². The smallest absolute Gasteiger partial charge is 0.123 e. The van der Waals surface area contributed by atoms with Gasteiger partial charge in [-0.25, -0.2) is 4.39 Å². The zero-order chi connectivity index (χ0) is 19.1. The lowest BCUT2D eigenvalue weighted by molar-refractivity contribution is -0.0206. The number of ether oxygens (including phenoxy) is 1. The molecule has 2 aromatic rings. The summed E-state index contributed by atoms with van der Waals surface area (Å²) in [6, 6.07) is 13.3. The number of hydrogen-bond acceptors (Lipinski definition) is 2. The van der Waals surface area contributed by atoms with Gasteiger partial charge in [0, 0.05) is 12.1 Å². The van der Waals surface area contributed by atoms with Crippen molar-refractivity contribution in [2.24, 2.45) is 17.8 Å². The van der Waals surface area contributed by atoms with Crippen LogP contribution in [0.3, 0.4) is 0 Å². The predicted octanol–water partition coefficient (Wildman–Crippen LogP) is 5.77. The molecule has 4 saturated carbocycles. The van der Waals surface area contributed by atoms with Crippen LogP contribution < -0.4 is 10.1 Å².